The molecule has 7 nitrogen and oxygen atoms in total. The minimum Gasteiger partial charge on any atom is -0.356 e. The third-order valence-electron chi connectivity index (χ3n) is 3.80. The van der Waals surface area contributed by atoms with E-state index in [1.54, 1.807) is 0 Å². The largest absolute Gasteiger partial charge is 0.356 e. The fourth-order valence-electron chi connectivity index (χ4n) is 2.47. The van der Waals surface area contributed by atoms with Crippen LogP contribution in [-0.4, -0.2) is 43.0 Å². The normalized spacial score (nSPS) is 23.7. The van der Waals surface area contributed by atoms with E-state index in [0.29, 0.717) is 0 Å². The molecule has 1 aromatic carbocycles. The van der Waals surface area contributed by atoms with Crippen LogP contribution in [0.3, 0.4) is 0 Å². The molecule has 23 heavy (non-hydrogen) atoms. The zero-order valence-electron chi connectivity index (χ0n) is 12.6. The molecule has 1 heterocycles. The monoisotopic (exact) mass is 317 g/mol. The van der Waals surface area contributed by atoms with Gasteiger partial charge in [0.1, 0.15) is 6.61 Å². The van der Waals surface area contributed by atoms with Crippen LogP contribution in [-0.2, 0) is 19.1 Å². The van der Waals surface area contributed by atoms with Gasteiger partial charge in [-0.2, -0.15) is 0 Å². The molecule has 1 saturated heterocycles. The van der Waals surface area contributed by atoms with Crippen molar-refractivity contribution in [2.24, 2.45) is 0 Å². The van der Waals surface area contributed by atoms with Gasteiger partial charge in [-0.05, 0) is 18.4 Å². The number of hydrogen-bond donors (Lipinski definition) is 3. The molecule has 0 aromatic heterocycles. The van der Waals surface area contributed by atoms with Gasteiger partial charge >= 0.3 is 0 Å². The van der Waals surface area contributed by atoms with Crippen molar-refractivity contribution in [2.45, 2.75) is 31.0 Å². The van der Waals surface area contributed by atoms with Gasteiger partial charge in [0.05, 0.1) is 12.6 Å². The Kier molecular flexibility index (Phi) is 4.57. The molecular weight excluding hydrogens is 298 g/mol. The quantitative estimate of drug-likeness (QED) is 0.691. The van der Waals surface area contributed by atoms with Crippen molar-refractivity contribution in [3.63, 3.8) is 0 Å². The van der Waals surface area contributed by atoms with E-state index >= 15 is 0 Å². The summed E-state index contributed by atoms with van der Waals surface area (Å²) in [5.41, 5.74) is 0.781. The first kappa shape index (κ1) is 15.5. The lowest BCUT2D eigenvalue weighted by Crippen LogP contribution is -2.53. The Bertz CT molecular complexity index is 601. The maximum Gasteiger partial charge on any atom is 0.252 e. The molecule has 2 aliphatic rings. The van der Waals surface area contributed by atoms with Crippen LogP contribution in [0.4, 0.5) is 0 Å². The fraction of sp³-hybridized carbons (Fsp3) is 0.438. The molecule has 2 atom stereocenters. The Balaban J connectivity index is 1.62. The number of rotatable bonds is 5. The summed E-state index contributed by atoms with van der Waals surface area (Å²) < 4.78 is 5.39. The van der Waals surface area contributed by atoms with E-state index in [0.717, 1.165) is 18.4 Å². The van der Waals surface area contributed by atoms with Crippen molar-refractivity contribution in [3.8, 4) is 0 Å². The predicted molar refractivity (Wildman–Crippen MR) is 81.2 cm³/mol. The van der Waals surface area contributed by atoms with Crippen LogP contribution in [0.15, 0.2) is 30.3 Å². The van der Waals surface area contributed by atoms with Crippen LogP contribution in [0.2, 0.25) is 0 Å². The number of carbonyl (C=O) groups excluding carboxylic acids is 3. The Labute approximate surface area is 133 Å². The molecular formula is C16H19N3O4. The van der Waals surface area contributed by atoms with E-state index in [2.05, 4.69) is 16.0 Å². The second-order valence-electron chi connectivity index (χ2n) is 5.75. The second-order valence-corrected chi connectivity index (χ2v) is 5.75. The highest BCUT2D eigenvalue weighted by Crippen LogP contribution is 2.22. The minimum atomic E-state index is -0.858. The van der Waals surface area contributed by atoms with Gasteiger partial charge in [0.15, 0.2) is 6.10 Å². The van der Waals surface area contributed by atoms with Gasteiger partial charge in [-0.3, -0.25) is 14.4 Å². The zero-order chi connectivity index (χ0) is 16.2. The molecule has 0 unspecified atom stereocenters. The van der Waals surface area contributed by atoms with Gasteiger partial charge < -0.3 is 20.7 Å². The summed E-state index contributed by atoms with van der Waals surface area (Å²) in [6.07, 6.45) is 1.13. The Morgan fingerprint density at radius 3 is 2.65 bits per heavy atom. The van der Waals surface area contributed by atoms with Crippen molar-refractivity contribution in [1.82, 2.24) is 16.0 Å². The highest BCUT2D eigenvalue weighted by atomic mass is 16.5. The van der Waals surface area contributed by atoms with E-state index in [4.69, 9.17) is 4.74 Å². The number of hydrogen-bond acceptors (Lipinski definition) is 4. The zero-order valence-corrected chi connectivity index (χ0v) is 12.6. The maximum absolute atomic E-state index is 12.3. The van der Waals surface area contributed by atoms with Crippen LogP contribution in [0.1, 0.15) is 24.4 Å². The predicted octanol–water partition coefficient (Wildman–Crippen LogP) is -0.362. The number of nitrogens with one attached hydrogen (secondary N) is 3. The molecule has 0 spiro atoms. The summed E-state index contributed by atoms with van der Waals surface area (Å²) in [5, 5.41) is 8.14. The lowest BCUT2D eigenvalue weighted by molar-refractivity contribution is -0.148. The third kappa shape index (κ3) is 4.07. The lowest BCUT2D eigenvalue weighted by Gasteiger charge is -2.31. The van der Waals surface area contributed by atoms with Crippen molar-refractivity contribution in [3.05, 3.63) is 35.9 Å². The Morgan fingerprint density at radius 1 is 1.22 bits per heavy atom. The Morgan fingerprint density at radius 2 is 1.96 bits per heavy atom. The smallest absolute Gasteiger partial charge is 0.252 e. The van der Waals surface area contributed by atoms with Gasteiger partial charge in [-0.25, -0.2) is 0 Å². The van der Waals surface area contributed by atoms with Crippen LogP contribution >= 0.6 is 0 Å². The summed E-state index contributed by atoms with van der Waals surface area (Å²) in [5.74, 6) is -0.892. The SMILES string of the molecule is O=C(CNC(=O)[C@H]1OCC(=O)N[C@@H]1c1ccccc1)NC1CC1. The van der Waals surface area contributed by atoms with Crippen molar-refractivity contribution in [1.29, 1.82) is 0 Å². The fourth-order valence-corrected chi connectivity index (χ4v) is 2.47. The number of carbonyl (C=O) groups is 3. The molecule has 1 aromatic rings. The highest BCUT2D eigenvalue weighted by Gasteiger charge is 2.36. The molecule has 2 fully saturated rings. The number of morpholine rings is 1. The summed E-state index contributed by atoms with van der Waals surface area (Å²) in [7, 11) is 0. The van der Waals surface area contributed by atoms with Gasteiger partial charge in [0.2, 0.25) is 11.8 Å². The third-order valence-corrected chi connectivity index (χ3v) is 3.80. The summed E-state index contributed by atoms with van der Waals surface area (Å²) in [4.78, 5) is 35.6. The van der Waals surface area contributed by atoms with Gasteiger partial charge in [-0.15, -0.1) is 0 Å². The molecule has 122 valence electrons. The molecule has 1 aliphatic heterocycles. The van der Waals surface area contributed by atoms with Crippen LogP contribution in [0.5, 0.6) is 0 Å². The van der Waals surface area contributed by atoms with E-state index in [1.165, 1.54) is 0 Å². The van der Waals surface area contributed by atoms with Crippen molar-refractivity contribution >= 4 is 17.7 Å². The summed E-state index contributed by atoms with van der Waals surface area (Å²) in [6.45, 7) is -0.264. The average Bonchev–Trinajstić information content (AvgIpc) is 3.37. The molecule has 0 bridgehead atoms. The molecule has 3 N–H and O–H groups in total. The maximum atomic E-state index is 12.3. The van der Waals surface area contributed by atoms with E-state index < -0.39 is 18.1 Å². The number of ether oxygens (including phenoxy) is 1. The van der Waals surface area contributed by atoms with E-state index in [9.17, 15) is 14.4 Å². The first-order valence-corrected chi connectivity index (χ1v) is 7.66. The molecule has 1 saturated carbocycles. The van der Waals surface area contributed by atoms with Crippen molar-refractivity contribution in [2.75, 3.05) is 13.2 Å². The molecule has 7 heteroatoms. The minimum absolute atomic E-state index is 0.0926. The first-order valence-electron chi connectivity index (χ1n) is 7.66. The highest BCUT2D eigenvalue weighted by molar-refractivity contribution is 5.89. The molecule has 0 radical (unpaired) electrons. The van der Waals surface area contributed by atoms with E-state index in [-0.39, 0.29) is 31.0 Å². The number of amides is 3. The van der Waals surface area contributed by atoms with Gasteiger partial charge in [0.25, 0.3) is 5.91 Å². The van der Waals surface area contributed by atoms with Gasteiger partial charge in [0, 0.05) is 6.04 Å². The Hall–Kier alpha value is -2.41. The molecule has 3 amide bonds. The van der Waals surface area contributed by atoms with E-state index in [1.807, 2.05) is 30.3 Å². The summed E-state index contributed by atoms with van der Waals surface area (Å²) in [6, 6.07) is 8.83. The topological polar surface area (TPSA) is 96.5 Å². The van der Waals surface area contributed by atoms with Gasteiger partial charge in [-0.1, -0.05) is 30.3 Å². The lowest BCUT2D eigenvalue weighted by atomic mass is 9.99. The first-order chi connectivity index (χ1) is 11.1. The molecule has 3 rings (SSSR count). The standard InChI is InChI=1S/C16H19N3O4/c20-12(18-11-6-7-11)8-17-16(22)15-14(19-13(21)9-23-15)10-4-2-1-3-5-10/h1-5,11,14-15H,6-9H2,(H,17,22)(H,18,20)(H,19,21)/t14-,15+/m1/s1. The molecule has 1 aliphatic carbocycles. The summed E-state index contributed by atoms with van der Waals surface area (Å²) >= 11 is 0. The van der Waals surface area contributed by atoms with Crippen LogP contribution in [0.25, 0.3) is 0 Å². The second kappa shape index (κ2) is 6.78. The average molecular weight is 317 g/mol. The number of benzene rings is 1. The van der Waals surface area contributed by atoms with Crippen molar-refractivity contribution < 1.29 is 19.1 Å². The van der Waals surface area contributed by atoms with Crippen LogP contribution < -0.4 is 16.0 Å². The van der Waals surface area contributed by atoms with Crippen LogP contribution in [0, 0.1) is 0 Å².